The molecular weight excluding hydrogens is 362 g/mol. The Hall–Kier alpha value is -0.780. The van der Waals surface area contributed by atoms with Crippen molar-refractivity contribution >= 4 is 38.9 Å². The summed E-state index contributed by atoms with van der Waals surface area (Å²) in [6, 6.07) is 3.81. The number of halogens is 2. The lowest BCUT2D eigenvalue weighted by Crippen LogP contribution is -1.99. The summed E-state index contributed by atoms with van der Waals surface area (Å²) in [5.41, 5.74) is 2.03. The molecule has 0 N–H and O–H groups in total. The molecule has 0 saturated carbocycles. The molecule has 2 aromatic rings. The Bertz CT molecular complexity index is 596. The smallest absolute Gasteiger partial charge is 0.175 e. The van der Waals surface area contributed by atoms with Crippen LogP contribution in [0.5, 0.6) is 11.5 Å². The predicted octanol–water partition coefficient (Wildman–Crippen LogP) is 4.85. The summed E-state index contributed by atoms with van der Waals surface area (Å²) >= 11 is 11.0. The molecule has 0 saturated heterocycles. The van der Waals surface area contributed by atoms with Crippen molar-refractivity contribution in [3.05, 3.63) is 37.7 Å². The Labute approximate surface area is 136 Å². The third-order valence-corrected chi connectivity index (χ3v) is 4.80. The fraction of sp³-hybridized carbons (Fsp3) is 0.357. The van der Waals surface area contributed by atoms with Gasteiger partial charge in [-0.25, -0.2) is 4.98 Å². The highest BCUT2D eigenvalue weighted by molar-refractivity contribution is 9.10. The number of nitrogens with zero attached hydrogens (tertiary/aromatic N) is 1. The molecule has 20 heavy (non-hydrogen) atoms. The number of methoxy groups -OCH3 is 1. The van der Waals surface area contributed by atoms with Gasteiger partial charge in [0.15, 0.2) is 11.5 Å². The Balaban J connectivity index is 2.20. The highest BCUT2D eigenvalue weighted by Gasteiger charge is 2.13. The lowest BCUT2D eigenvalue weighted by molar-refractivity contribution is 0.282. The molecule has 0 unspecified atom stereocenters. The Morgan fingerprint density at radius 2 is 2.10 bits per heavy atom. The largest absolute Gasteiger partial charge is 0.493 e. The second-order valence-electron chi connectivity index (χ2n) is 4.28. The van der Waals surface area contributed by atoms with Crippen molar-refractivity contribution in [1.29, 1.82) is 0 Å². The second kappa shape index (κ2) is 6.78. The molecule has 2 rings (SSSR count). The number of ether oxygens (including phenoxy) is 2. The van der Waals surface area contributed by atoms with Crippen LogP contribution in [0, 0.1) is 13.8 Å². The van der Waals surface area contributed by atoms with Gasteiger partial charge in [-0.3, -0.25) is 0 Å². The number of benzene rings is 1. The summed E-state index contributed by atoms with van der Waals surface area (Å²) in [6.07, 6.45) is 0. The summed E-state index contributed by atoms with van der Waals surface area (Å²) in [5, 5.41) is 0.954. The zero-order valence-corrected chi connectivity index (χ0v) is 14.7. The first-order valence-electron chi connectivity index (χ1n) is 6.03. The Morgan fingerprint density at radius 3 is 2.65 bits per heavy atom. The van der Waals surface area contributed by atoms with Gasteiger partial charge in [0.1, 0.15) is 11.6 Å². The number of hydrogen-bond acceptors (Lipinski definition) is 4. The standard InChI is InChI=1S/C14H15BrClNO2S/c1-8-9(2)20-13(17-8)7-19-14-11(15)4-10(6-16)5-12(14)18-3/h4-5H,6-7H2,1-3H3. The molecule has 1 heterocycles. The van der Waals surface area contributed by atoms with Crippen molar-refractivity contribution in [2.75, 3.05) is 7.11 Å². The zero-order valence-electron chi connectivity index (χ0n) is 11.5. The van der Waals surface area contributed by atoms with E-state index in [4.69, 9.17) is 21.1 Å². The molecule has 0 atom stereocenters. The number of alkyl halides is 1. The summed E-state index contributed by atoms with van der Waals surface area (Å²) < 4.78 is 12.0. The van der Waals surface area contributed by atoms with Gasteiger partial charge in [0.05, 0.1) is 17.3 Å². The molecular formula is C14H15BrClNO2S. The van der Waals surface area contributed by atoms with Crippen molar-refractivity contribution in [2.45, 2.75) is 26.3 Å². The lowest BCUT2D eigenvalue weighted by Gasteiger charge is -2.13. The first-order chi connectivity index (χ1) is 9.55. The number of aryl methyl sites for hydroxylation is 2. The molecule has 0 fully saturated rings. The topological polar surface area (TPSA) is 31.4 Å². The summed E-state index contributed by atoms with van der Waals surface area (Å²) in [7, 11) is 1.62. The van der Waals surface area contributed by atoms with Gasteiger partial charge in [0.25, 0.3) is 0 Å². The molecule has 0 amide bonds. The molecule has 3 nitrogen and oxygen atoms in total. The van der Waals surface area contributed by atoms with Crippen LogP contribution < -0.4 is 9.47 Å². The van der Waals surface area contributed by atoms with Crippen LogP contribution in [0.1, 0.15) is 21.1 Å². The van der Waals surface area contributed by atoms with Crippen LogP contribution in [-0.2, 0) is 12.5 Å². The van der Waals surface area contributed by atoms with Crippen LogP contribution in [0.4, 0.5) is 0 Å². The summed E-state index contributed by atoms with van der Waals surface area (Å²) in [5.74, 6) is 1.77. The Morgan fingerprint density at radius 1 is 1.35 bits per heavy atom. The van der Waals surface area contributed by atoms with Crippen LogP contribution in [0.2, 0.25) is 0 Å². The maximum atomic E-state index is 5.85. The van der Waals surface area contributed by atoms with Crippen LogP contribution in [-0.4, -0.2) is 12.1 Å². The second-order valence-corrected chi connectivity index (χ2v) is 6.69. The number of hydrogen-bond donors (Lipinski definition) is 0. The van der Waals surface area contributed by atoms with E-state index >= 15 is 0 Å². The molecule has 0 bridgehead atoms. The van der Waals surface area contributed by atoms with Crippen LogP contribution in [0.15, 0.2) is 16.6 Å². The van der Waals surface area contributed by atoms with Crippen LogP contribution in [0.25, 0.3) is 0 Å². The molecule has 0 aliphatic carbocycles. The molecule has 1 aromatic carbocycles. The molecule has 0 aliphatic heterocycles. The van der Waals surface area contributed by atoms with E-state index < -0.39 is 0 Å². The maximum absolute atomic E-state index is 5.85. The first kappa shape index (κ1) is 15.6. The van der Waals surface area contributed by atoms with Gasteiger partial charge in [-0.15, -0.1) is 22.9 Å². The molecule has 0 spiro atoms. The predicted molar refractivity (Wildman–Crippen MR) is 86.2 cm³/mol. The third-order valence-electron chi connectivity index (χ3n) is 2.86. The van der Waals surface area contributed by atoms with Gasteiger partial charge in [-0.1, -0.05) is 0 Å². The molecule has 1 aromatic heterocycles. The average molecular weight is 377 g/mol. The minimum absolute atomic E-state index is 0.425. The highest BCUT2D eigenvalue weighted by Crippen LogP contribution is 2.37. The van der Waals surface area contributed by atoms with E-state index in [1.54, 1.807) is 18.4 Å². The number of rotatable bonds is 5. The quantitative estimate of drug-likeness (QED) is 0.699. The van der Waals surface area contributed by atoms with E-state index in [0.29, 0.717) is 24.0 Å². The zero-order chi connectivity index (χ0) is 14.7. The SMILES string of the molecule is COc1cc(CCl)cc(Br)c1OCc1nc(C)c(C)s1. The minimum Gasteiger partial charge on any atom is -0.493 e. The average Bonchev–Trinajstić information content (AvgIpc) is 2.75. The van der Waals surface area contributed by atoms with E-state index in [-0.39, 0.29) is 0 Å². The van der Waals surface area contributed by atoms with Gasteiger partial charge in [0, 0.05) is 10.8 Å². The number of thiazole rings is 1. The van der Waals surface area contributed by atoms with Gasteiger partial charge >= 0.3 is 0 Å². The van der Waals surface area contributed by atoms with Gasteiger partial charge < -0.3 is 9.47 Å². The van der Waals surface area contributed by atoms with Crippen molar-refractivity contribution in [2.24, 2.45) is 0 Å². The first-order valence-corrected chi connectivity index (χ1v) is 8.17. The number of aromatic nitrogens is 1. The van der Waals surface area contributed by atoms with Gasteiger partial charge in [0.2, 0.25) is 0 Å². The fourth-order valence-electron chi connectivity index (χ4n) is 1.73. The van der Waals surface area contributed by atoms with Gasteiger partial charge in [-0.2, -0.15) is 0 Å². The Kier molecular flexibility index (Phi) is 5.29. The minimum atomic E-state index is 0.425. The fourth-order valence-corrected chi connectivity index (χ4v) is 3.33. The highest BCUT2D eigenvalue weighted by atomic mass is 79.9. The van der Waals surface area contributed by atoms with E-state index in [1.165, 1.54) is 4.88 Å². The maximum Gasteiger partial charge on any atom is 0.175 e. The van der Waals surface area contributed by atoms with Crippen molar-refractivity contribution in [3.8, 4) is 11.5 Å². The van der Waals surface area contributed by atoms with E-state index in [9.17, 15) is 0 Å². The summed E-state index contributed by atoms with van der Waals surface area (Å²) in [4.78, 5) is 5.68. The van der Waals surface area contributed by atoms with Crippen molar-refractivity contribution < 1.29 is 9.47 Å². The van der Waals surface area contributed by atoms with Crippen LogP contribution in [0.3, 0.4) is 0 Å². The molecule has 0 radical (unpaired) electrons. The monoisotopic (exact) mass is 375 g/mol. The summed E-state index contributed by atoms with van der Waals surface area (Å²) in [6.45, 7) is 4.48. The molecule has 108 valence electrons. The van der Waals surface area contributed by atoms with Crippen molar-refractivity contribution in [3.63, 3.8) is 0 Å². The normalized spacial score (nSPS) is 10.7. The van der Waals surface area contributed by atoms with Crippen LogP contribution >= 0.6 is 38.9 Å². The van der Waals surface area contributed by atoms with E-state index in [2.05, 4.69) is 27.8 Å². The van der Waals surface area contributed by atoms with E-state index in [0.717, 1.165) is 20.7 Å². The van der Waals surface area contributed by atoms with Gasteiger partial charge in [-0.05, 0) is 47.5 Å². The third kappa shape index (κ3) is 3.45. The lowest BCUT2D eigenvalue weighted by atomic mass is 10.2. The molecule has 6 heteroatoms. The van der Waals surface area contributed by atoms with Crippen molar-refractivity contribution in [1.82, 2.24) is 4.98 Å². The van der Waals surface area contributed by atoms with E-state index in [1.807, 2.05) is 19.1 Å². The molecule has 0 aliphatic rings.